The Morgan fingerprint density at radius 3 is 2.49 bits per heavy atom. The molecule has 0 aliphatic carbocycles. The number of benzene rings is 3. The molecule has 0 bridgehead atoms. The van der Waals surface area contributed by atoms with Crippen molar-refractivity contribution in [2.24, 2.45) is 5.73 Å². The van der Waals surface area contributed by atoms with Crippen LogP contribution in [0.1, 0.15) is 30.9 Å². The van der Waals surface area contributed by atoms with Gasteiger partial charge in [0.15, 0.2) is 0 Å². The van der Waals surface area contributed by atoms with Crippen LogP contribution >= 0.6 is 0 Å². The van der Waals surface area contributed by atoms with Crippen LogP contribution in [0.25, 0.3) is 10.8 Å². The number of nitrogens with one attached hydrogen (secondary N) is 2. The number of amidine groups is 1. The van der Waals surface area contributed by atoms with Gasteiger partial charge in [0.2, 0.25) is 15.9 Å². The fraction of sp³-hybridized carbons (Fsp3) is 0.345. The van der Waals surface area contributed by atoms with Crippen molar-refractivity contribution in [3.8, 4) is 11.5 Å². The SMILES string of the molecule is CCOC(=O)C(Cc1ccc(C(=N)N)cc1)N1CCCC(NS(=O)(=O)c2cc(OC)c3cc(OC)ccc3c2)C1=O. The third-order valence-corrected chi connectivity index (χ3v) is 8.48. The summed E-state index contributed by atoms with van der Waals surface area (Å²) in [7, 11) is -1.15. The van der Waals surface area contributed by atoms with Gasteiger partial charge in [0.25, 0.3) is 0 Å². The van der Waals surface area contributed by atoms with Gasteiger partial charge in [-0.05, 0) is 48.9 Å². The van der Waals surface area contributed by atoms with Gasteiger partial charge in [0, 0.05) is 30.0 Å². The summed E-state index contributed by atoms with van der Waals surface area (Å²) in [4.78, 5) is 28.0. The molecule has 0 saturated carbocycles. The quantitative estimate of drug-likeness (QED) is 0.177. The predicted octanol–water partition coefficient (Wildman–Crippen LogP) is 2.58. The molecular weight excluding hydrogens is 548 g/mol. The maximum Gasteiger partial charge on any atom is 0.329 e. The van der Waals surface area contributed by atoms with E-state index in [4.69, 9.17) is 25.4 Å². The lowest BCUT2D eigenvalue weighted by Gasteiger charge is -2.37. The van der Waals surface area contributed by atoms with E-state index >= 15 is 0 Å². The number of hydrogen-bond acceptors (Lipinski definition) is 8. The predicted molar refractivity (Wildman–Crippen MR) is 154 cm³/mol. The largest absolute Gasteiger partial charge is 0.497 e. The number of fused-ring (bicyclic) bond motifs is 1. The first-order valence-corrected chi connectivity index (χ1v) is 14.6. The minimum absolute atomic E-state index is 0.0514. The molecule has 3 aromatic carbocycles. The first-order chi connectivity index (χ1) is 19.6. The number of amides is 1. The minimum atomic E-state index is -4.14. The van der Waals surface area contributed by atoms with Crippen molar-refractivity contribution >= 4 is 38.5 Å². The van der Waals surface area contributed by atoms with Crippen LogP contribution in [0.2, 0.25) is 0 Å². The average molecular weight is 583 g/mol. The number of hydrogen-bond donors (Lipinski definition) is 3. The molecule has 1 aliphatic rings. The zero-order valence-corrected chi connectivity index (χ0v) is 24.0. The number of ether oxygens (including phenoxy) is 3. The molecule has 41 heavy (non-hydrogen) atoms. The summed E-state index contributed by atoms with van der Waals surface area (Å²) < 4.78 is 45.5. The van der Waals surface area contributed by atoms with E-state index in [9.17, 15) is 18.0 Å². The number of methoxy groups -OCH3 is 2. The Labute approximate surface area is 239 Å². The molecule has 1 amide bonds. The van der Waals surface area contributed by atoms with E-state index in [2.05, 4.69) is 4.72 Å². The van der Waals surface area contributed by atoms with Crippen molar-refractivity contribution in [1.29, 1.82) is 5.41 Å². The van der Waals surface area contributed by atoms with Crippen LogP contribution in [-0.4, -0.2) is 70.5 Å². The number of piperidine rings is 1. The van der Waals surface area contributed by atoms with E-state index in [1.807, 2.05) is 0 Å². The van der Waals surface area contributed by atoms with E-state index in [1.54, 1.807) is 49.4 Å². The second-order valence-electron chi connectivity index (χ2n) is 9.64. The molecule has 12 heteroatoms. The third kappa shape index (κ3) is 6.60. The van der Waals surface area contributed by atoms with E-state index < -0.39 is 34.0 Å². The number of esters is 1. The molecule has 1 saturated heterocycles. The summed E-state index contributed by atoms with van der Waals surface area (Å²) >= 11 is 0. The number of nitrogens with zero attached hydrogens (tertiary/aromatic N) is 1. The van der Waals surface area contributed by atoms with E-state index in [1.165, 1.54) is 31.3 Å². The number of carbonyl (C=O) groups is 2. The van der Waals surface area contributed by atoms with Crippen LogP contribution in [-0.2, 0) is 30.8 Å². The average Bonchev–Trinajstić information content (AvgIpc) is 2.96. The van der Waals surface area contributed by atoms with Crippen molar-refractivity contribution < 1.29 is 32.2 Å². The molecule has 2 atom stereocenters. The molecule has 4 N–H and O–H groups in total. The molecule has 0 aromatic heterocycles. The van der Waals surface area contributed by atoms with Gasteiger partial charge in [-0.3, -0.25) is 10.2 Å². The highest BCUT2D eigenvalue weighted by atomic mass is 32.2. The van der Waals surface area contributed by atoms with Gasteiger partial charge in [-0.15, -0.1) is 0 Å². The lowest BCUT2D eigenvalue weighted by atomic mass is 9.98. The van der Waals surface area contributed by atoms with Gasteiger partial charge in [0.1, 0.15) is 29.4 Å². The highest BCUT2D eigenvalue weighted by Crippen LogP contribution is 2.32. The molecular formula is C29H34N4O7S. The maximum atomic E-state index is 13.6. The molecule has 1 fully saturated rings. The Kier molecular flexibility index (Phi) is 9.14. The summed E-state index contributed by atoms with van der Waals surface area (Å²) in [6.07, 6.45) is 0.922. The second kappa shape index (κ2) is 12.6. The van der Waals surface area contributed by atoms with Gasteiger partial charge in [-0.25, -0.2) is 13.2 Å². The Balaban J connectivity index is 1.59. The maximum absolute atomic E-state index is 13.6. The lowest BCUT2D eigenvalue weighted by molar-refractivity contribution is -0.156. The number of nitrogens with two attached hydrogens (primary N) is 1. The molecule has 218 valence electrons. The Hall–Kier alpha value is -4.16. The van der Waals surface area contributed by atoms with Crippen LogP contribution in [0.5, 0.6) is 11.5 Å². The molecule has 0 spiro atoms. The standard InChI is InChI=1S/C29H34N4O7S/c1-4-40-29(35)25(14-18-7-9-19(10-8-18)27(30)31)33-13-5-6-24(28(33)34)32-41(36,37)22-15-20-11-12-21(38-2)16-23(20)26(17-22)39-3/h7-12,15-17,24-25,32H,4-6,13-14H2,1-3H3,(H3,30,31). The fourth-order valence-electron chi connectivity index (χ4n) is 4.90. The van der Waals surface area contributed by atoms with Crippen molar-refractivity contribution in [1.82, 2.24) is 9.62 Å². The highest BCUT2D eigenvalue weighted by molar-refractivity contribution is 7.89. The summed E-state index contributed by atoms with van der Waals surface area (Å²) in [5, 5.41) is 8.88. The van der Waals surface area contributed by atoms with Crippen LogP contribution in [0.4, 0.5) is 0 Å². The lowest BCUT2D eigenvalue weighted by Crippen LogP contribution is -2.57. The number of sulfonamides is 1. The van der Waals surface area contributed by atoms with Crippen LogP contribution in [0, 0.1) is 5.41 Å². The number of carbonyl (C=O) groups excluding carboxylic acids is 2. The highest BCUT2D eigenvalue weighted by Gasteiger charge is 2.39. The van der Waals surface area contributed by atoms with Gasteiger partial charge in [-0.2, -0.15) is 4.72 Å². The second-order valence-corrected chi connectivity index (χ2v) is 11.4. The molecule has 1 heterocycles. The molecule has 3 aromatic rings. The minimum Gasteiger partial charge on any atom is -0.497 e. The van der Waals surface area contributed by atoms with E-state index in [0.717, 1.165) is 5.56 Å². The van der Waals surface area contributed by atoms with Gasteiger partial charge in [0.05, 0.1) is 25.7 Å². The number of rotatable bonds is 11. The normalized spacial score (nSPS) is 16.3. The summed E-state index contributed by atoms with van der Waals surface area (Å²) in [5.74, 6) is -0.214. The smallest absolute Gasteiger partial charge is 0.329 e. The first-order valence-electron chi connectivity index (χ1n) is 13.2. The van der Waals surface area contributed by atoms with E-state index in [-0.39, 0.29) is 36.7 Å². The van der Waals surface area contributed by atoms with Crippen molar-refractivity contribution in [2.45, 2.75) is 43.2 Å². The summed E-state index contributed by atoms with van der Waals surface area (Å²) in [6, 6.07) is 12.9. The number of likely N-dealkylation sites (tertiary alicyclic amines) is 1. The monoisotopic (exact) mass is 582 g/mol. The zero-order valence-electron chi connectivity index (χ0n) is 23.2. The molecule has 4 rings (SSSR count). The molecule has 11 nitrogen and oxygen atoms in total. The van der Waals surface area contributed by atoms with Crippen molar-refractivity contribution in [3.05, 3.63) is 65.7 Å². The molecule has 0 radical (unpaired) electrons. The number of nitrogen functional groups attached to an aromatic ring is 1. The first kappa shape index (κ1) is 29.8. The van der Waals surface area contributed by atoms with E-state index in [0.29, 0.717) is 34.3 Å². The third-order valence-electron chi connectivity index (χ3n) is 7.03. The van der Waals surface area contributed by atoms with Crippen molar-refractivity contribution in [3.63, 3.8) is 0 Å². The van der Waals surface area contributed by atoms with Crippen LogP contribution in [0.3, 0.4) is 0 Å². The Bertz CT molecular complexity index is 1560. The zero-order chi connectivity index (χ0) is 29.7. The summed E-state index contributed by atoms with van der Waals surface area (Å²) in [5.41, 5.74) is 6.81. The Morgan fingerprint density at radius 2 is 1.85 bits per heavy atom. The van der Waals surface area contributed by atoms with Crippen LogP contribution < -0.4 is 19.9 Å². The van der Waals surface area contributed by atoms with Crippen molar-refractivity contribution in [2.75, 3.05) is 27.4 Å². The van der Waals surface area contributed by atoms with Gasteiger partial charge in [-0.1, -0.05) is 30.3 Å². The fourth-order valence-corrected chi connectivity index (χ4v) is 6.18. The van der Waals surface area contributed by atoms with Gasteiger partial charge < -0.3 is 24.8 Å². The van der Waals surface area contributed by atoms with Crippen LogP contribution in [0.15, 0.2) is 59.5 Å². The Morgan fingerprint density at radius 1 is 1.12 bits per heavy atom. The summed E-state index contributed by atoms with van der Waals surface area (Å²) in [6.45, 7) is 2.09. The van der Waals surface area contributed by atoms with Gasteiger partial charge >= 0.3 is 5.97 Å². The molecule has 1 aliphatic heterocycles. The topological polar surface area (TPSA) is 161 Å². The molecule has 2 unspecified atom stereocenters.